The third-order valence-corrected chi connectivity index (χ3v) is 8.15. The molecule has 0 bridgehead atoms. The van der Waals surface area contributed by atoms with E-state index < -0.39 is 29.2 Å². The van der Waals surface area contributed by atoms with Crippen molar-refractivity contribution < 1.29 is 29.7 Å². The van der Waals surface area contributed by atoms with E-state index in [0.29, 0.717) is 23.5 Å². The van der Waals surface area contributed by atoms with Crippen molar-refractivity contribution in [2.75, 3.05) is 17.2 Å². The average Bonchev–Trinajstić information content (AvgIpc) is 3.46. The Morgan fingerprint density at radius 3 is 2.91 bits per heavy atom. The Balaban J connectivity index is 1.45. The van der Waals surface area contributed by atoms with Gasteiger partial charge < -0.3 is 16.2 Å². The second-order valence-electron chi connectivity index (χ2n) is 6.55. The number of aliphatic carboxylic acids is 1. The predicted molar refractivity (Wildman–Crippen MR) is 122 cm³/mol. The maximum atomic E-state index is 12.8. The topological polar surface area (TPSA) is 193 Å². The van der Waals surface area contributed by atoms with Crippen molar-refractivity contribution >= 4 is 75.2 Å². The number of carboxylic acids is 1. The fourth-order valence-electron chi connectivity index (χ4n) is 3.22. The molecule has 2 aliphatic rings. The Bertz CT molecular complexity index is 1130. The number of nitrogens with zero attached hydrogens (tertiary/aromatic N) is 5. The first-order chi connectivity index (χ1) is 15.9. The van der Waals surface area contributed by atoms with Crippen LogP contribution in [0.5, 0.6) is 0 Å². The first kappa shape index (κ1) is 23.4. The van der Waals surface area contributed by atoms with E-state index in [9.17, 15) is 19.5 Å². The molecule has 1 saturated heterocycles. The van der Waals surface area contributed by atoms with E-state index in [1.54, 1.807) is 6.20 Å². The van der Waals surface area contributed by atoms with Crippen LogP contribution in [0.25, 0.3) is 0 Å². The first-order valence-electron chi connectivity index (χ1n) is 9.12. The van der Waals surface area contributed by atoms with E-state index in [2.05, 4.69) is 29.2 Å². The van der Waals surface area contributed by atoms with Gasteiger partial charge in [-0.25, -0.2) is 14.8 Å². The number of thiazole rings is 1. The summed E-state index contributed by atoms with van der Waals surface area (Å²) in [5.74, 6) is -1.62. The van der Waals surface area contributed by atoms with Crippen molar-refractivity contribution in [2.45, 2.75) is 22.9 Å². The number of nitrogens with one attached hydrogen (secondary N) is 1. The van der Waals surface area contributed by atoms with Crippen molar-refractivity contribution in [3.8, 4) is 0 Å². The summed E-state index contributed by atoms with van der Waals surface area (Å²) in [4.78, 5) is 46.2. The maximum Gasteiger partial charge on any atom is 0.352 e. The van der Waals surface area contributed by atoms with Gasteiger partial charge in [0, 0.05) is 16.9 Å². The molecule has 17 heteroatoms. The highest BCUT2D eigenvalue weighted by Crippen LogP contribution is 2.41. The Hall–Kier alpha value is -2.73. The van der Waals surface area contributed by atoms with Crippen LogP contribution >= 0.6 is 46.6 Å². The Labute approximate surface area is 202 Å². The molecule has 2 aliphatic heterocycles. The minimum absolute atomic E-state index is 0.0604. The molecule has 0 spiro atoms. The molecular formula is C16H15N7O6S4. The van der Waals surface area contributed by atoms with Crippen molar-refractivity contribution in [3.05, 3.63) is 28.5 Å². The highest BCUT2D eigenvalue weighted by atomic mass is 32.2. The zero-order valence-electron chi connectivity index (χ0n) is 16.4. The number of nitrogens with two attached hydrogens (primary N) is 1. The first-order valence-corrected chi connectivity index (χ1v) is 12.8. The Kier molecular flexibility index (Phi) is 7.13. The summed E-state index contributed by atoms with van der Waals surface area (Å²) in [6.07, 6.45) is 2.10. The largest absolute Gasteiger partial charge is 0.477 e. The third-order valence-electron chi connectivity index (χ3n) is 4.64. The molecule has 174 valence electrons. The number of amides is 2. The molecule has 5 N–H and O–H groups in total. The van der Waals surface area contributed by atoms with Gasteiger partial charge in [0.2, 0.25) is 0 Å². The number of thioether (sulfide) groups is 2. The van der Waals surface area contributed by atoms with Gasteiger partial charge in [-0.1, -0.05) is 0 Å². The van der Waals surface area contributed by atoms with Crippen molar-refractivity contribution in [1.29, 1.82) is 0 Å². The van der Waals surface area contributed by atoms with Crippen LogP contribution in [0.15, 0.2) is 33.0 Å². The van der Waals surface area contributed by atoms with Gasteiger partial charge in [0.1, 0.15) is 27.8 Å². The minimum Gasteiger partial charge on any atom is -0.477 e. The van der Waals surface area contributed by atoms with Gasteiger partial charge in [0.05, 0.1) is 17.9 Å². The zero-order chi connectivity index (χ0) is 23.5. The van der Waals surface area contributed by atoms with Crippen molar-refractivity contribution in [2.24, 2.45) is 5.16 Å². The van der Waals surface area contributed by atoms with Crippen LogP contribution in [0.2, 0.25) is 0 Å². The number of nitrogen functional groups attached to an aromatic ring is 1. The number of anilines is 1. The van der Waals surface area contributed by atoms with Gasteiger partial charge in [0.25, 0.3) is 11.8 Å². The van der Waals surface area contributed by atoms with Crippen LogP contribution in [-0.2, 0) is 19.4 Å². The lowest BCUT2D eigenvalue weighted by Gasteiger charge is -2.49. The predicted octanol–water partition coefficient (Wildman–Crippen LogP) is 0.692. The van der Waals surface area contributed by atoms with Gasteiger partial charge in [-0.2, -0.15) is 14.0 Å². The van der Waals surface area contributed by atoms with Crippen LogP contribution in [0.4, 0.5) is 5.13 Å². The van der Waals surface area contributed by atoms with E-state index in [1.165, 1.54) is 33.8 Å². The summed E-state index contributed by atoms with van der Waals surface area (Å²) in [6.45, 7) is 0. The molecule has 0 unspecified atom stereocenters. The summed E-state index contributed by atoms with van der Waals surface area (Å²) in [5, 5.41) is 26.0. The van der Waals surface area contributed by atoms with Gasteiger partial charge in [0.15, 0.2) is 10.8 Å². The molecule has 33 heavy (non-hydrogen) atoms. The number of rotatable bonds is 9. The van der Waals surface area contributed by atoms with Crippen molar-refractivity contribution in [3.63, 3.8) is 0 Å². The van der Waals surface area contributed by atoms with Crippen LogP contribution < -0.4 is 11.1 Å². The normalized spacial score (nSPS) is 20.3. The second kappa shape index (κ2) is 10.0. The highest BCUT2D eigenvalue weighted by Gasteiger charge is 2.54. The average molecular weight is 530 g/mol. The quantitative estimate of drug-likeness (QED) is 0.117. The van der Waals surface area contributed by atoms with Crippen LogP contribution in [0.3, 0.4) is 0 Å². The summed E-state index contributed by atoms with van der Waals surface area (Å²) in [6, 6.07) is -0.978. The SMILES string of the molecule is Nc1nc(/C(=N/OO)C(=O)N[C@@H]2C(=O)N3C(C(=O)O)=C(CCSc4cnsn4)CS[C@H]23)cs1. The van der Waals surface area contributed by atoms with E-state index in [1.807, 2.05) is 0 Å². The lowest BCUT2D eigenvalue weighted by Crippen LogP contribution is -2.71. The van der Waals surface area contributed by atoms with E-state index >= 15 is 0 Å². The van der Waals surface area contributed by atoms with Gasteiger partial charge >= 0.3 is 5.97 Å². The van der Waals surface area contributed by atoms with Gasteiger partial charge in [-0.15, -0.1) is 34.9 Å². The Morgan fingerprint density at radius 2 is 2.27 bits per heavy atom. The fraction of sp³-hybridized carbons (Fsp3) is 0.312. The van der Waals surface area contributed by atoms with Crippen LogP contribution in [-0.4, -0.2) is 75.4 Å². The molecular weight excluding hydrogens is 514 g/mol. The number of fused-ring (bicyclic) bond motifs is 1. The number of carbonyl (C=O) groups is 3. The van der Waals surface area contributed by atoms with Crippen molar-refractivity contribution in [1.82, 2.24) is 23.9 Å². The second-order valence-corrected chi connectivity index (χ2v) is 10.2. The molecule has 2 aromatic rings. The maximum absolute atomic E-state index is 12.8. The number of β-lactam (4-membered cyclic amide) rings is 1. The molecule has 4 rings (SSSR count). The monoisotopic (exact) mass is 529 g/mol. The molecule has 2 aromatic heterocycles. The van der Waals surface area contributed by atoms with E-state index in [-0.39, 0.29) is 22.2 Å². The van der Waals surface area contributed by atoms with E-state index in [4.69, 9.17) is 11.0 Å². The molecule has 0 radical (unpaired) electrons. The smallest absolute Gasteiger partial charge is 0.352 e. The third kappa shape index (κ3) is 4.81. The van der Waals surface area contributed by atoms with Crippen LogP contribution in [0.1, 0.15) is 12.1 Å². The fourth-order valence-corrected chi connectivity index (χ4v) is 6.54. The molecule has 0 saturated carbocycles. The number of carboxylic acid groups (broad SMARTS) is 1. The highest BCUT2D eigenvalue weighted by molar-refractivity contribution is 8.00. The molecule has 0 aromatic carbocycles. The molecule has 1 fully saturated rings. The van der Waals surface area contributed by atoms with E-state index in [0.717, 1.165) is 28.1 Å². The molecule has 4 heterocycles. The summed E-state index contributed by atoms with van der Waals surface area (Å²) in [5.41, 5.74) is 5.82. The lowest BCUT2D eigenvalue weighted by atomic mass is 10.0. The number of oxime groups is 1. The zero-order valence-corrected chi connectivity index (χ0v) is 19.7. The number of hydrogen-bond donors (Lipinski definition) is 4. The minimum atomic E-state index is -1.21. The van der Waals surface area contributed by atoms with Crippen LogP contribution in [0, 0.1) is 0 Å². The lowest BCUT2D eigenvalue weighted by molar-refractivity contribution is -0.243. The molecule has 0 aliphatic carbocycles. The molecule has 13 nitrogen and oxygen atoms in total. The van der Waals surface area contributed by atoms with Gasteiger partial charge in [-0.3, -0.25) is 14.5 Å². The summed E-state index contributed by atoms with van der Waals surface area (Å²) in [7, 11) is 0. The molecule has 2 atom stereocenters. The Morgan fingerprint density at radius 1 is 1.45 bits per heavy atom. The number of carbonyl (C=O) groups excluding carboxylic acids is 2. The summed E-state index contributed by atoms with van der Waals surface area (Å²) < 4.78 is 8.02. The number of aromatic nitrogens is 3. The molecule has 2 amide bonds. The summed E-state index contributed by atoms with van der Waals surface area (Å²) >= 11 is 4.95. The standard InChI is InChI=1S/C16H15N7O6S4/c17-16-19-7(5-32-16)9(21-29-28)12(24)20-10-13(25)23-11(15(26)27)6(4-31-14(10)23)1-2-30-8-3-18-33-22-8/h3,5,10,14,28H,1-2,4H2,(H2,17,19)(H,20,24)(H,26,27)/b21-9-/t10-,14-/m1/s1. The van der Waals surface area contributed by atoms with Gasteiger partial charge in [-0.05, 0) is 17.1 Å². The number of hydrogen-bond acceptors (Lipinski definition) is 14.